The molecule has 92 valence electrons. The first-order chi connectivity index (χ1) is 6.52. The molecular formula is C5H6F6O3S. The fourth-order valence-electron chi connectivity index (χ4n) is 0.839. The van der Waals surface area contributed by atoms with E-state index in [0.29, 0.717) is 0 Å². The summed E-state index contributed by atoms with van der Waals surface area (Å²) in [7, 11) is -5.13. The van der Waals surface area contributed by atoms with Gasteiger partial charge in [-0.05, 0) is 0 Å². The first-order valence-corrected chi connectivity index (χ1v) is 4.82. The highest BCUT2D eigenvalue weighted by Gasteiger charge is 2.65. The highest BCUT2D eigenvalue weighted by atomic mass is 32.2. The molecule has 1 saturated carbocycles. The zero-order valence-corrected chi connectivity index (χ0v) is 7.70. The lowest BCUT2D eigenvalue weighted by Gasteiger charge is -2.37. The molecule has 0 amide bonds. The smallest absolute Gasteiger partial charge is 0.283 e. The van der Waals surface area contributed by atoms with Crippen LogP contribution in [0, 0.1) is 0 Å². The van der Waals surface area contributed by atoms with Gasteiger partial charge in [0.05, 0.1) is 0 Å². The van der Waals surface area contributed by atoms with Crippen molar-refractivity contribution in [2.45, 2.75) is 30.4 Å². The Morgan fingerprint density at radius 2 is 1.60 bits per heavy atom. The normalized spacial score (nSPS) is 35.5. The van der Waals surface area contributed by atoms with E-state index in [9.17, 15) is 34.8 Å². The van der Waals surface area contributed by atoms with E-state index in [2.05, 4.69) is 0 Å². The molecule has 0 aromatic rings. The van der Waals surface area contributed by atoms with E-state index in [1.54, 1.807) is 0 Å². The average molecular weight is 260 g/mol. The van der Waals surface area contributed by atoms with Gasteiger partial charge >= 0.3 is 16.8 Å². The van der Waals surface area contributed by atoms with Crippen molar-refractivity contribution in [1.29, 1.82) is 0 Å². The van der Waals surface area contributed by atoms with Crippen molar-refractivity contribution in [3.63, 3.8) is 0 Å². The highest BCUT2D eigenvalue weighted by Crippen LogP contribution is 2.44. The first kappa shape index (κ1) is 14.5. The molecule has 0 bridgehead atoms. The van der Waals surface area contributed by atoms with Gasteiger partial charge in [-0.3, -0.25) is 4.55 Å². The van der Waals surface area contributed by atoms with E-state index in [4.69, 9.17) is 4.55 Å². The molecule has 3 atom stereocenters. The Balaban J connectivity index is 0.000000423. The summed E-state index contributed by atoms with van der Waals surface area (Å²) in [4.78, 5) is 0. The van der Waals surface area contributed by atoms with E-state index < -0.39 is 40.6 Å². The van der Waals surface area contributed by atoms with Gasteiger partial charge in [0, 0.05) is 6.42 Å². The van der Waals surface area contributed by atoms with E-state index in [-0.39, 0.29) is 0 Å². The maximum absolute atomic E-state index is 12.6. The molecule has 0 heterocycles. The average Bonchev–Trinajstić information content (AvgIpc) is 2.01. The van der Waals surface area contributed by atoms with Crippen molar-refractivity contribution in [3.05, 3.63) is 0 Å². The summed E-state index contributed by atoms with van der Waals surface area (Å²) in [5.41, 5.74) is 0. The van der Waals surface area contributed by atoms with Gasteiger partial charge in [0.25, 0.3) is 5.00 Å². The molecule has 0 radical (unpaired) electrons. The van der Waals surface area contributed by atoms with Crippen LogP contribution in [0.5, 0.6) is 0 Å². The second-order valence-electron chi connectivity index (χ2n) is 2.63. The van der Waals surface area contributed by atoms with Crippen LogP contribution in [0.4, 0.5) is 26.3 Å². The van der Waals surface area contributed by atoms with Crippen molar-refractivity contribution in [1.82, 2.24) is 0 Å². The SMILES string of the molecule is FC(F)F.O=S(=O)(O)C1(F)CC(F)C1F. The van der Waals surface area contributed by atoms with Gasteiger partial charge in [-0.25, -0.2) is 13.2 Å². The molecule has 1 rings (SSSR count). The molecule has 1 N–H and O–H groups in total. The minimum Gasteiger partial charge on any atom is -0.283 e. The third-order valence-electron chi connectivity index (χ3n) is 1.63. The second-order valence-corrected chi connectivity index (χ2v) is 4.26. The van der Waals surface area contributed by atoms with E-state index in [1.807, 2.05) is 0 Å². The fourth-order valence-corrected chi connectivity index (χ4v) is 1.64. The standard InChI is InChI=1S/C4H5F3O3S.CHF3/c5-2-1-4(7,3(2)6)11(8,9)10;2-1(3)4/h2-3H,1H2,(H,8,9,10);1H. The van der Waals surface area contributed by atoms with Gasteiger partial charge in [-0.2, -0.15) is 21.6 Å². The summed E-state index contributed by atoms with van der Waals surface area (Å²) in [6, 6.07) is 0. The molecule has 10 heteroatoms. The minimum absolute atomic E-state index is 1.13. The van der Waals surface area contributed by atoms with Crippen LogP contribution in [0.2, 0.25) is 0 Å². The summed E-state index contributed by atoms with van der Waals surface area (Å²) in [6.45, 7) is -3.67. The van der Waals surface area contributed by atoms with Crippen LogP contribution in [-0.4, -0.2) is 37.0 Å². The Bertz CT molecular complexity index is 303. The zero-order chi connectivity index (χ0) is 12.4. The third kappa shape index (κ3) is 3.23. The Kier molecular flexibility index (Phi) is 4.40. The molecule has 0 saturated heterocycles. The molecule has 1 aliphatic carbocycles. The molecule has 1 fully saturated rings. The molecule has 0 aromatic heterocycles. The Labute approximate surface area is 80.8 Å². The molecule has 0 spiro atoms. The highest BCUT2D eigenvalue weighted by molar-refractivity contribution is 7.87. The van der Waals surface area contributed by atoms with Crippen LogP contribution < -0.4 is 0 Å². The van der Waals surface area contributed by atoms with Crippen LogP contribution in [0.25, 0.3) is 0 Å². The number of hydrogen-bond acceptors (Lipinski definition) is 2. The third-order valence-corrected chi connectivity index (χ3v) is 2.88. The quantitative estimate of drug-likeness (QED) is 0.577. The maximum atomic E-state index is 12.6. The summed E-state index contributed by atoms with van der Waals surface area (Å²) in [5.74, 6) is 0. The van der Waals surface area contributed by atoms with Crippen LogP contribution in [-0.2, 0) is 10.1 Å². The number of rotatable bonds is 1. The number of alkyl halides is 6. The van der Waals surface area contributed by atoms with Crippen molar-refractivity contribution >= 4 is 10.1 Å². The summed E-state index contributed by atoms with van der Waals surface area (Å²) in [5, 5.41) is -3.42. The molecule has 0 aliphatic heterocycles. The number of hydrogen-bond donors (Lipinski definition) is 1. The van der Waals surface area contributed by atoms with Gasteiger partial charge in [0.15, 0.2) is 6.17 Å². The minimum atomic E-state index is -5.13. The van der Waals surface area contributed by atoms with E-state index in [1.165, 1.54) is 0 Å². The van der Waals surface area contributed by atoms with Gasteiger partial charge < -0.3 is 0 Å². The Morgan fingerprint density at radius 3 is 1.67 bits per heavy atom. The lowest BCUT2D eigenvalue weighted by molar-refractivity contribution is -0.0531. The molecule has 1 aliphatic rings. The van der Waals surface area contributed by atoms with Gasteiger partial charge in [-0.15, -0.1) is 0 Å². The number of halogens is 6. The topological polar surface area (TPSA) is 54.4 Å². The second kappa shape index (κ2) is 4.56. The lowest BCUT2D eigenvalue weighted by Crippen LogP contribution is -2.59. The van der Waals surface area contributed by atoms with Crippen molar-refractivity contribution < 1.29 is 39.3 Å². The monoisotopic (exact) mass is 260 g/mol. The fraction of sp³-hybridized carbons (Fsp3) is 1.00. The van der Waals surface area contributed by atoms with Crippen LogP contribution in [0.1, 0.15) is 6.42 Å². The van der Waals surface area contributed by atoms with Gasteiger partial charge in [0.2, 0.25) is 0 Å². The van der Waals surface area contributed by atoms with Crippen LogP contribution in [0.3, 0.4) is 0 Å². The van der Waals surface area contributed by atoms with Crippen LogP contribution in [0.15, 0.2) is 0 Å². The van der Waals surface area contributed by atoms with Gasteiger partial charge in [-0.1, -0.05) is 0 Å². The van der Waals surface area contributed by atoms with Gasteiger partial charge in [0.1, 0.15) is 6.17 Å². The largest absolute Gasteiger partial charge is 0.379 e. The van der Waals surface area contributed by atoms with E-state index >= 15 is 0 Å². The van der Waals surface area contributed by atoms with Crippen LogP contribution >= 0.6 is 0 Å². The van der Waals surface area contributed by atoms with E-state index in [0.717, 1.165) is 0 Å². The molecule has 0 aromatic carbocycles. The molecule has 3 nitrogen and oxygen atoms in total. The maximum Gasteiger partial charge on any atom is 0.379 e. The summed E-state index contributed by atoms with van der Waals surface area (Å²) < 4.78 is 93.9. The lowest BCUT2D eigenvalue weighted by atomic mass is 9.92. The summed E-state index contributed by atoms with van der Waals surface area (Å²) in [6.07, 6.45) is -6.04. The molecular weight excluding hydrogens is 254 g/mol. The predicted molar refractivity (Wildman–Crippen MR) is 36.9 cm³/mol. The zero-order valence-electron chi connectivity index (χ0n) is 6.88. The van der Waals surface area contributed by atoms with Crippen molar-refractivity contribution in [2.24, 2.45) is 0 Å². The summed E-state index contributed by atoms with van der Waals surface area (Å²) >= 11 is 0. The van der Waals surface area contributed by atoms with Crippen molar-refractivity contribution in [2.75, 3.05) is 0 Å². The Hall–Kier alpha value is -0.510. The molecule has 3 unspecified atom stereocenters. The Morgan fingerprint density at radius 1 is 1.27 bits per heavy atom. The first-order valence-electron chi connectivity index (χ1n) is 3.38. The van der Waals surface area contributed by atoms with Crippen molar-refractivity contribution in [3.8, 4) is 0 Å². The predicted octanol–water partition coefficient (Wildman–Crippen LogP) is 1.80. The molecule has 15 heavy (non-hydrogen) atoms.